The highest BCUT2D eigenvalue weighted by atomic mass is 32.2. The van der Waals surface area contributed by atoms with E-state index in [2.05, 4.69) is 29.2 Å². The molecule has 3 aliphatic rings. The molecule has 2 heterocycles. The van der Waals surface area contributed by atoms with Gasteiger partial charge in [0.15, 0.2) is 11.5 Å². The largest absolute Gasteiger partial charge is 0.469 e. The highest BCUT2D eigenvalue weighted by molar-refractivity contribution is 8.22. The fraction of sp³-hybridized carbons (Fsp3) is 0.500. The van der Waals surface area contributed by atoms with E-state index in [1.165, 1.54) is 42.2 Å². The van der Waals surface area contributed by atoms with Gasteiger partial charge in [-0.3, -0.25) is 4.90 Å². The van der Waals surface area contributed by atoms with Crippen LogP contribution in [-0.2, 0) is 11.3 Å². The zero-order valence-corrected chi connectivity index (χ0v) is 15.3. The topological polar surface area (TPSA) is 30.9 Å². The number of nitrogens with zero attached hydrogens (tertiary/aromatic N) is 1. The number of benzene rings is 1. The Balaban J connectivity index is 1.66. The summed E-state index contributed by atoms with van der Waals surface area (Å²) in [5.41, 5.74) is 2.42. The van der Waals surface area contributed by atoms with E-state index in [1.54, 1.807) is 0 Å². The van der Waals surface area contributed by atoms with Gasteiger partial charge in [0.2, 0.25) is 11.2 Å². The van der Waals surface area contributed by atoms with Crippen LogP contribution in [0.2, 0.25) is 0 Å². The van der Waals surface area contributed by atoms with E-state index in [4.69, 9.17) is 26.4 Å². The molecular weight excluding hydrogens is 342 g/mol. The Bertz CT molecular complexity index is 676. The maximum Gasteiger partial charge on any atom is 0.231 e. The smallest absolute Gasteiger partial charge is 0.231 e. The van der Waals surface area contributed by atoms with Crippen molar-refractivity contribution in [1.29, 1.82) is 0 Å². The molecule has 0 fully saturated rings. The van der Waals surface area contributed by atoms with Crippen molar-refractivity contribution in [2.24, 2.45) is 0 Å². The van der Waals surface area contributed by atoms with Crippen LogP contribution in [-0.4, -0.2) is 34.9 Å². The molecule has 0 saturated heterocycles. The second kappa shape index (κ2) is 6.94. The molecule has 0 radical (unpaired) electrons. The molecule has 1 aliphatic carbocycles. The molecule has 6 heteroatoms. The number of rotatable bonds is 2. The molecule has 128 valence electrons. The molecule has 0 N–H and O–H groups in total. The van der Waals surface area contributed by atoms with Crippen molar-refractivity contribution in [3.63, 3.8) is 0 Å². The minimum Gasteiger partial charge on any atom is -0.469 e. The average molecular weight is 364 g/mol. The minimum absolute atomic E-state index is 0.0569. The van der Waals surface area contributed by atoms with E-state index in [1.807, 2.05) is 6.26 Å². The zero-order chi connectivity index (χ0) is 16.5. The van der Waals surface area contributed by atoms with Crippen LogP contribution in [0.4, 0.5) is 0 Å². The maximum absolute atomic E-state index is 6.08. The third-order valence-corrected chi connectivity index (χ3v) is 5.88. The van der Waals surface area contributed by atoms with E-state index in [0.29, 0.717) is 17.2 Å². The molecule has 0 saturated carbocycles. The van der Waals surface area contributed by atoms with Gasteiger partial charge in [-0.15, -0.1) is 0 Å². The van der Waals surface area contributed by atoms with Crippen LogP contribution in [0.15, 0.2) is 24.3 Å². The quantitative estimate of drug-likeness (QED) is 0.582. The number of hydrogen-bond donors (Lipinski definition) is 0. The van der Waals surface area contributed by atoms with Crippen LogP contribution in [0.5, 0.6) is 11.5 Å². The van der Waals surface area contributed by atoms with Gasteiger partial charge in [0.05, 0.1) is 0 Å². The standard InChI is InChI=1S/C18H21NO3S2/c1-24-18(23)22-17-10-19(13-5-3-2-4-6-13)9-12-7-15-16(8-14(12)17)21-11-20-15/h3,5,7-8,13,17H,2,4,6,9-11H2,1H3/t13-,17+/m1/s1. The van der Waals surface area contributed by atoms with Gasteiger partial charge in [0, 0.05) is 24.7 Å². The molecule has 1 aromatic rings. The Morgan fingerprint density at radius 2 is 2.17 bits per heavy atom. The SMILES string of the molecule is CSC(=S)O[C@H]1CN([C@@H]2C=CCCC2)Cc2cc3c(cc21)OCO3. The lowest BCUT2D eigenvalue weighted by Crippen LogP contribution is -2.41. The summed E-state index contributed by atoms with van der Waals surface area (Å²) in [7, 11) is 0. The first-order chi connectivity index (χ1) is 11.7. The number of fused-ring (bicyclic) bond motifs is 2. The molecule has 24 heavy (non-hydrogen) atoms. The van der Waals surface area contributed by atoms with Crippen molar-refractivity contribution in [1.82, 2.24) is 4.90 Å². The van der Waals surface area contributed by atoms with Crippen molar-refractivity contribution >= 4 is 28.4 Å². The Labute approximate surface area is 152 Å². The molecule has 0 unspecified atom stereocenters. The van der Waals surface area contributed by atoms with E-state index in [0.717, 1.165) is 24.6 Å². The van der Waals surface area contributed by atoms with E-state index in [-0.39, 0.29) is 6.10 Å². The molecule has 2 atom stereocenters. The average Bonchev–Trinajstić information content (AvgIpc) is 3.08. The molecule has 0 aromatic heterocycles. The van der Waals surface area contributed by atoms with Gasteiger partial charge in [-0.05, 0) is 55.4 Å². The minimum atomic E-state index is -0.0569. The van der Waals surface area contributed by atoms with Gasteiger partial charge < -0.3 is 14.2 Å². The Morgan fingerprint density at radius 1 is 1.33 bits per heavy atom. The van der Waals surface area contributed by atoms with Crippen molar-refractivity contribution in [2.45, 2.75) is 38.0 Å². The number of thioether (sulfide) groups is 1. The van der Waals surface area contributed by atoms with Gasteiger partial charge >= 0.3 is 0 Å². The second-order valence-electron chi connectivity index (χ2n) is 6.32. The van der Waals surface area contributed by atoms with E-state index < -0.39 is 0 Å². The fourth-order valence-corrected chi connectivity index (χ4v) is 3.98. The molecule has 4 nitrogen and oxygen atoms in total. The summed E-state index contributed by atoms with van der Waals surface area (Å²) in [5, 5.41) is 0. The Hall–Kier alpha value is -1.24. The predicted octanol–water partition coefficient (Wildman–Crippen LogP) is 4.05. The zero-order valence-electron chi connectivity index (χ0n) is 13.7. The molecule has 0 spiro atoms. The number of hydrogen-bond acceptors (Lipinski definition) is 6. The van der Waals surface area contributed by atoms with Crippen molar-refractivity contribution in [3.05, 3.63) is 35.4 Å². The van der Waals surface area contributed by atoms with E-state index in [9.17, 15) is 0 Å². The molecule has 0 amide bonds. The summed E-state index contributed by atoms with van der Waals surface area (Å²) >= 11 is 6.79. The number of thiocarbonyl (C=S) groups is 1. The van der Waals surface area contributed by atoms with Crippen molar-refractivity contribution < 1.29 is 14.2 Å². The highest BCUT2D eigenvalue weighted by Crippen LogP contribution is 2.41. The first-order valence-electron chi connectivity index (χ1n) is 8.32. The summed E-state index contributed by atoms with van der Waals surface area (Å²) < 4.78 is 17.8. The lowest BCUT2D eigenvalue weighted by molar-refractivity contribution is 0.0868. The number of allylic oxidation sites excluding steroid dienone is 1. The highest BCUT2D eigenvalue weighted by Gasteiger charge is 2.33. The van der Waals surface area contributed by atoms with Gasteiger partial charge in [0.1, 0.15) is 6.10 Å². The van der Waals surface area contributed by atoms with Gasteiger partial charge in [-0.1, -0.05) is 23.9 Å². The van der Waals surface area contributed by atoms with Gasteiger partial charge in [-0.25, -0.2) is 0 Å². The summed E-state index contributed by atoms with van der Waals surface area (Å²) in [4.78, 5) is 2.49. The van der Waals surface area contributed by atoms with Crippen LogP contribution < -0.4 is 9.47 Å². The first-order valence-corrected chi connectivity index (χ1v) is 9.95. The van der Waals surface area contributed by atoms with E-state index >= 15 is 0 Å². The van der Waals surface area contributed by atoms with Crippen LogP contribution in [0.25, 0.3) is 0 Å². The third-order valence-electron chi connectivity index (χ3n) is 4.86. The molecule has 0 bridgehead atoms. The summed E-state index contributed by atoms with van der Waals surface area (Å²) in [6.45, 7) is 2.05. The van der Waals surface area contributed by atoms with Crippen LogP contribution in [0.1, 0.15) is 36.5 Å². The molecule has 2 aliphatic heterocycles. The maximum atomic E-state index is 6.08. The number of ether oxygens (including phenoxy) is 3. The summed E-state index contributed by atoms with van der Waals surface area (Å²) in [6.07, 6.45) is 10.2. The van der Waals surface area contributed by atoms with Gasteiger partial charge in [0.25, 0.3) is 0 Å². The van der Waals surface area contributed by atoms with Crippen LogP contribution >= 0.6 is 24.0 Å². The molecule has 4 rings (SSSR count). The summed E-state index contributed by atoms with van der Waals surface area (Å²) in [6, 6.07) is 4.65. The Morgan fingerprint density at radius 3 is 2.92 bits per heavy atom. The second-order valence-corrected chi connectivity index (χ2v) is 7.73. The van der Waals surface area contributed by atoms with Crippen LogP contribution in [0, 0.1) is 0 Å². The first kappa shape index (κ1) is 16.2. The lowest BCUT2D eigenvalue weighted by Gasteiger charge is -2.39. The van der Waals surface area contributed by atoms with Crippen LogP contribution in [0.3, 0.4) is 0 Å². The van der Waals surface area contributed by atoms with Crippen molar-refractivity contribution in [3.8, 4) is 11.5 Å². The van der Waals surface area contributed by atoms with Gasteiger partial charge in [-0.2, -0.15) is 0 Å². The summed E-state index contributed by atoms with van der Waals surface area (Å²) in [5.74, 6) is 1.64. The lowest BCUT2D eigenvalue weighted by atomic mass is 9.93. The molecule has 1 aromatic carbocycles. The third kappa shape index (κ3) is 3.15. The monoisotopic (exact) mass is 363 g/mol. The molecular formula is C18H21NO3S2. The Kier molecular flexibility index (Phi) is 4.70. The predicted molar refractivity (Wildman–Crippen MR) is 99.7 cm³/mol. The normalized spacial score (nSPS) is 25.4. The van der Waals surface area contributed by atoms with Crippen molar-refractivity contribution in [2.75, 3.05) is 19.6 Å². The fourth-order valence-electron chi connectivity index (χ4n) is 3.65.